The second-order valence-electron chi connectivity index (χ2n) is 5.39. The molecule has 4 aromatic rings. The van der Waals surface area contributed by atoms with Gasteiger partial charge in [0, 0.05) is 12.4 Å². The third-order valence-corrected chi connectivity index (χ3v) is 3.71. The number of rotatable bonds is 4. The summed E-state index contributed by atoms with van der Waals surface area (Å²) in [6, 6.07) is 11.9. The fourth-order valence-corrected chi connectivity index (χ4v) is 2.52. The highest BCUT2D eigenvalue weighted by Crippen LogP contribution is 2.21. The van der Waals surface area contributed by atoms with E-state index in [0.717, 1.165) is 22.3 Å². The van der Waals surface area contributed by atoms with Crippen molar-refractivity contribution in [3.05, 3.63) is 66.9 Å². The fraction of sp³-hybridized carbons (Fsp3) is 0.0588. The summed E-state index contributed by atoms with van der Waals surface area (Å²) in [5.74, 6) is -0.0750. The molecule has 118 valence electrons. The maximum Gasteiger partial charge on any atom is 0.228 e. The number of carbonyl (C=O) groups is 1. The third kappa shape index (κ3) is 2.87. The SMILES string of the molecule is O=C(Cc1ccc(-c2ccn3ncnc3c2)cc1)Nc1cn[nH]c1. The van der Waals surface area contributed by atoms with Crippen LogP contribution in [0.5, 0.6) is 0 Å². The smallest absolute Gasteiger partial charge is 0.228 e. The minimum atomic E-state index is -0.0750. The van der Waals surface area contributed by atoms with Gasteiger partial charge in [-0.1, -0.05) is 24.3 Å². The Balaban J connectivity index is 1.48. The quantitative estimate of drug-likeness (QED) is 0.604. The van der Waals surface area contributed by atoms with Gasteiger partial charge in [-0.15, -0.1) is 0 Å². The Morgan fingerprint density at radius 1 is 1.17 bits per heavy atom. The van der Waals surface area contributed by atoms with Crippen molar-refractivity contribution in [1.82, 2.24) is 24.8 Å². The maximum absolute atomic E-state index is 12.0. The van der Waals surface area contributed by atoms with E-state index in [1.54, 1.807) is 16.9 Å². The van der Waals surface area contributed by atoms with Crippen LogP contribution in [0.4, 0.5) is 5.69 Å². The van der Waals surface area contributed by atoms with Gasteiger partial charge < -0.3 is 5.32 Å². The first-order chi connectivity index (χ1) is 11.8. The summed E-state index contributed by atoms with van der Waals surface area (Å²) in [6.45, 7) is 0. The number of benzene rings is 1. The predicted molar refractivity (Wildman–Crippen MR) is 89.3 cm³/mol. The van der Waals surface area contributed by atoms with Gasteiger partial charge in [0.2, 0.25) is 5.91 Å². The molecule has 0 aliphatic heterocycles. The molecule has 0 spiro atoms. The van der Waals surface area contributed by atoms with Gasteiger partial charge in [0.05, 0.1) is 18.3 Å². The van der Waals surface area contributed by atoms with Crippen molar-refractivity contribution in [3.63, 3.8) is 0 Å². The lowest BCUT2D eigenvalue weighted by molar-refractivity contribution is -0.115. The molecule has 3 aromatic heterocycles. The molecule has 0 unspecified atom stereocenters. The van der Waals surface area contributed by atoms with Crippen molar-refractivity contribution in [1.29, 1.82) is 0 Å². The number of pyridine rings is 1. The number of amides is 1. The molecule has 0 radical (unpaired) electrons. The lowest BCUT2D eigenvalue weighted by Crippen LogP contribution is -2.13. The monoisotopic (exact) mass is 318 g/mol. The van der Waals surface area contributed by atoms with Crippen LogP contribution in [0.1, 0.15) is 5.56 Å². The largest absolute Gasteiger partial charge is 0.323 e. The van der Waals surface area contributed by atoms with Crippen molar-refractivity contribution in [3.8, 4) is 11.1 Å². The summed E-state index contributed by atoms with van der Waals surface area (Å²) in [5.41, 5.74) is 4.54. The Morgan fingerprint density at radius 2 is 2.04 bits per heavy atom. The van der Waals surface area contributed by atoms with Gasteiger partial charge in [0.15, 0.2) is 5.65 Å². The zero-order valence-corrected chi connectivity index (χ0v) is 12.7. The minimum Gasteiger partial charge on any atom is -0.323 e. The van der Waals surface area contributed by atoms with E-state index in [0.29, 0.717) is 12.1 Å². The van der Waals surface area contributed by atoms with Crippen molar-refractivity contribution < 1.29 is 4.79 Å². The summed E-state index contributed by atoms with van der Waals surface area (Å²) in [6.07, 6.45) is 6.93. The number of aromatic amines is 1. The number of hydrogen-bond acceptors (Lipinski definition) is 4. The van der Waals surface area contributed by atoms with Crippen LogP contribution in [0.2, 0.25) is 0 Å². The van der Waals surface area contributed by atoms with Crippen LogP contribution in [0.3, 0.4) is 0 Å². The van der Waals surface area contributed by atoms with E-state index in [4.69, 9.17) is 0 Å². The number of H-pyrrole nitrogens is 1. The minimum absolute atomic E-state index is 0.0750. The Hall–Kier alpha value is -3.48. The molecular formula is C17H14N6O. The van der Waals surface area contributed by atoms with E-state index in [1.165, 1.54) is 6.33 Å². The molecule has 0 bridgehead atoms. The molecule has 0 aliphatic rings. The van der Waals surface area contributed by atoms with E-state index >= 15 is 0 Å². The van der Waals surface area contributed by atoms with Crippen molar-refractivity contribution in [2.75, 3.05) is 5.32 Å². The number of nitrogens with zero attached hydrogens (tertiary/aromatic N) is 4. The normalized spacial score (nSPS) is 10.8. The molecule has 0 atom stereocenters. The number of hydrogen-bond donors (Lipinski definition) is 2. The predicted octanol–water partition coefficient (Wildman–Crippen LogP) is 2.30. The molecule has 4 rings (SSSR count). The molecule has 7 nitrogen and oxygen atoms in total. The van der Waals surface area contributed by atoms with Gasteiger partial charge in [-0.25, -0.2) is 9.50 Å². The first-order valence-electron chi connectivity index (χ1n) is 7.45. The van der Waals surface area contributed by atoms with Crippen molar-refractivity contribution in [2.24, 2.45) is 0 Å². The topological polar surface area (TPSA) is 88.0 Å². The van der Waals surface area contributed by atoms with Gasteiger partial charge in [-0.05, 0) is 28.8 Å². The molecule has 0 aliphatic carbocycles. The van der Waals surface area contributed by atoms with Crippen LogP contribution < -0.4 is 5.32 Å². The van der Waals surface area contributed by atoms with Crippen LogP contribution in [-0.2, 0) is 11.2 Å². The van der Waals surface area contributed by atoms with Crippen LogP contribution in [0, 0.1) is 0 Å². The van der Waals surface area contributed by atoms with E-state index in [1.807, 2.05) is 42.6 Å². The Kier molecular flexibility index (Phi) is 3.51. The average molecular weight is 318 g/mol. The molecule has 0 fully saturated rings. The first kappa shape index (κ1) is 14.1. The standard InChI is InChI=1S/C17H14N6O/c24-17(22-15-9-19-20-10-15)7-12-1-3-13(4-2-12)14-5-6-23-16(8-14)18-11-21-23/h1-6,8-11H,7H2,(H,19,20)(H,22,24). The van der Waals surface area contributed by atoms with Crippen LogP contribution in [0.25, 0.3) is 16.8 Å². The summed E-state index contributed by atoms with van der Waals surface area (Å²) in [4.78, 5) is 16.2. The van der Waals surface area contributed by atoms with Crippen molar-refractivity contribution >= 4 is 17.2 Å². The summed E-state index contributed by atoms with van der Waals surface area (Å²) < 4.78 is 1.72. The molecule has 24 heavy (non-hydrogen) atoms. The Labute approximate surface area is 137 Å². The highest BCUT2D eigenvalue weighted by molar-refractivity contribution is 5.92. The van der Waals surface area contributed by atoms with Crippen LogP contribution in [-0.4, -0.2) is 30.7 Å². The number of carbonyl (C=O) groups excluding carboxylic acids is 1. The van der Waals surface area contributed by atoms with Crippen LogP contribution >= 0.6 is 0 Å². The second-order valence-corrected chi connectivity index (χ2v) is 5.39. The van der Waals surface area contributed by atoms with E-state index in [9.17, 15) is 4.79 Å². The summed E-state index contributed by atoms with van der Waals surface area (Å²) in [7, 11) is 0. The van der Waals surface area contributed by atoms with E-state index < -0.39 is 0 Å². The van der Waals surface area contributed by atoms with Crippen LogP contribution in [0.15, 0.2) is 61.3 Å². The lowest BCUT2D eigenvalue weighted by atomic mass is 10.0. The van der Waals surface area contributed by atoms with Gasteiger partial charge in [0.25, 0.3) is 0 Å². The van der Waals surface area contributed by atoms with E-state index in [2.05, 4.69) is 25.6 Å². The van der Waals surface area contributed by atoms with Gasteiger partial charge >= 0.3 is 0 Å². The molecule has 2 N–H and O–H groups in total. The molecule has 1 aromatic carbocycles. The zero-order valence-electron chi connectivity index (χ0n) is 12.7. The lowest BCUT2D eigenvalue weighted by Gasteiger charge is -2.05. The highest BCUT2D eigenvalue weighted by Gasteiger charge is 2.06. The maximum atomic E-state index is 12.0. The number of nitrogens with one attached hydrogen (secondary N) is 2. The molecule has 0 saturated heterocycles. The first-order valence-corrected chi connectivity index (χ1v) is 7.45. The van der Waals surface area contributed by atoms with E-state index in [-0.39, 0.29) is 5.91 Å². The van der Waals surface area contributed by atoms with Gasteiger partial charge in [-0.3, -0.25) is 9.89 Å². The zero-order chi connectivity index (χ0) is 16.4. The third-order valence-electron chi connectivity index (χ3n) is 3.71. The van der Waals surface area contributed by atoms with Gasteiger partial charge in [0.1, 0.15) is 6.33 Å². The van der Waals surface area contributed by atoms with Gasteiger partial charge in [-0.2, -0.15) is 10.2 Å². The number of anilines is 1. The number of fused-ring (bicyclic) bond motifs is 1. The fourth-order valence-electron chi connectivity index (χ4n) is 2.52. The van der Waals surface area contributed by atoms with Crippen molar-refractivity contribution in [2.45, 2.75) is 6.42 Å². The average Bonchev–Trinajstić information content (AvgIpc) is 3.26. The summed E-state index contributed by atoms with van der Waals surface area (Å²) in [5, 5.41) is 13.3. The molecule has 3 heterocycles. The molecular weight excluding hydrogens is 304 g/mol. The Bertz CT molecular complexity index is 972. The molecule has 0 saturated carbocycles. The summed E-state index contributed by atoms with van der Waals surface area (Å²) >= 11 is 0. The Morgan fingerprint density at radius 3 is 2.83 bits per heavy atom. The number of aromatic nitrogens is 5. The molecule has 7 heteroatoms. The second kappa shape index (κ2) is 5.96. The molecule has 1 amide bonds. The highest BCUT2D eigenvalue weighted by atomic mass is 16.1.